The lowest BCUT2D eigenvalue weighted by molar-refractivity contribution is -0.116. The van der Waals surface area contributed by atoms with E-state index in [9.17, 15) is 4.79 Å². The fraction of sp³-hybridized carbons (Fsp3) is 0.565. The van der Waals surface area contributed by atoms with Gasteiger partial charge in [0.15, 0.2) is 5.13 Å². The first kappa shape index (κ1) is 21.4. The summed E-state index contributed by atoms with van der Waals surface area (Å²) in [5.41, 5.74) is 2.36. The Kier molecular flexibility index (Phi) is 7.15. The standard InChI is InChI=1S/C23H32N4O2S/c1-18(14-25-10-12-29-13-11-25)26(15-20-6-4-3-5-7-20)16-21-17-30-23(24-21)27(19(2)28)22-8-9-22/h3-7,17-18,22H,8-16H2,1-2H3. The minimum Gasteiger partial charge on any atom is -0.379 e. The van der Waals surface area contributed by atoms with Crippen LogP contribution < -0.4 is 4.90 Å². The topological polar surface area (TPSA) is 48.9 Å². The molecule has 0 bridgehead atoms. The lowest BCUT2D eigenvalue weighted by Crippen LogP contribution is -2.45. The molecule has 0 N–H and O–H groups in total. The number of hydrogen-bond donors (Lipinski definition) is 0. The second-order valence-corrected chi connectivity index (χ2v) is 9.23. The molecule has 1 aliphatic heterocycles. The van der Waals surface area contributed by atoms with Crippen LogP contribution in [0, 0.1) is 0 Å². The maximum absolute atomic E-state index is 12.1. The van der Waals surface area contributed by atoms with Crippen molar-refractivity contribution >= 4 is 22.4 Å². The summed E-state index contributed by atoms with van der Waals surface area (Å²) in [7, 11) is 0. The highest BCUT2D eigenvalue weighted by Gasteiger charge is 2.33. The molecule has 6 nitrogen and oxygen atoms in total. The molecule has 1 unspecified atom stereocenters. The summed E-state index contributed by atoms with van der Waals surface area (Å²) in [6.45, 7) is 10.3. The van der Waals surface area contributed by atoms with Crippen LogP contribution in [0.2, 0.25) is 0 Å². The average molecular weight is 429 g/mol. The zero-order valence-electron chi connectivity index (χ0n) is 18.0. The summed E-state index contributed by atoms with van der Waals surface area (Å²) in [6, 6.07) is 11.4. The molecule has 162 valence electrons. The lowest BCUT2D eigenvalue weighted by atomic mass is 10.1. The van der Waals surface area contributed by atoms with E-state index in [0.29, 0.717) is 12.1 Å². The van der Waals surface area contributed by atoms with E-state index in [2.05, 4.69) is 52.4 Å². The molecule has 1 aromatic carbocycles. The predicted molar refractivity (Wildman–Crippen MR) is 121 cm³/mol. The number of anilines is 1. The molecule has 2 fully saturated rings. The molecular weight excluding hydrogens is 396 g/mol. The molecule has 2 aromatic rings. The smallest absolute Gasteiger partial charge is 0.225 e. The van der Waals surface area contributed by atoms with Crippen molar-refractivity contribution in [2.75, 3.05) is 37.7 Å². The first-order valence-electron chi connectivity index (χ1n) is 10.9. The molecule has 1 amide bonds. The van der Waals surface area contributed by atoms with E-state index in [1.54, 1.807) is 18.3 Å². The van der Waals surface area contributed by atoms with E-state index in [1.165, 1.54) is 5.56 Å². The normalized spacial score (nSPS) is 18.5. The van der Waals surface area contributed by atoms with E-state index >= 15 is 0 Å². The molecule has 30 heavy (non-hydrogen) atoms. The quantitative estimate of drug-likeness (QED) is 0.613. The second kappa shape index (κ2) is 10.0. The lowest BCUT2D eigenvalue weighted by Gasteiger charge is -2.34. The number of rotatable bonds is 9. The highest BCUT2D eigenvalue weighted by molar-refractivity contribution is 7.14. The number of morpholine rings is 1. The summed E-state index contributed by atoms with van der Waals surface area (Å²) in [6.07, 6.45) is 2.18. The molecule has 7 heteroatoms. The Bertz CT molecular complexity index is 818. The summed E-state index contributed by atoms with van der Waals surface area (Å²) in [4.78, 5) is 23.8. The van der Waals surface area contributed by atoms with Crippen molar-refractivity contribution in [2.45, 2.75) is 51.9 Å². The van der Waals surface area contributed by atoms with Crippen molar-refractivity contribution in [3.8, 4) is 0 Å². The van der Waals surface area contributed by atoms with Crippen molar-refractivity contribution in [3.05, 3.63) is 47.0 Å². The van der Waals surface area contributed by atoms with Crippen LogP contribution >= 0.6 is 11.3 Å². The van der Waals surface area contributed by atoms with Gasteiger partial charge in [0.2, 0.25) is 5.91 Å². The number of nitrogens with zero attached hydrogens (tertiary/aromatic N) is 4. The minimum atomic E-state index is 0.0974. The molecular formula is C23H32N4O2S. The van der Waals surface area contributed by atoms with Crippen LogP contribution in [0.1, 0.15) is 37.9 Å². The minimum absolute atomic E-state index is 0.0974. The van der Waals surface area contributed by atoms with Gasteiger partial charge in [-0.25, -0.2) is 4.98 Å². The number of thiazole rings is 1. The molecule has 1 saturated carbocycles. The molecule has 2 heterocycles. The average Bonchev–Trinajstić information content (AvgIpc) is 3.47. The highest BCUT2D eigenvalue weighted by Crippen LogP contribution is 2.34. The van der Waals surface area contributed by atoms with Crippen LogP contribution in [0.25, 0.3) is 0 Å². The van der Waals surface area contributed by atoms with E-state index in [1.807, 2.05) is 4.90 Å². The van der Waals surface area contributed by atoms with Crippen molar-refractivity contribution in [1.82, 2.24) is 14.8 Å². The van der Waals surface area contributed by atoms with E-state index < -0.39 is 0 Å². The van der Waals surface area contributed by atoms with Gasteiger partial charge in [-0.2, -0.15) is 0 Å². The molecule has 1 aliphatic carbocycles. The Morgan fingerprint density at radius 2 is 1.97 bits per heavy atom. The fourth-order valence-corrected chi connectivity index (χ4v) is 4.96. The molecule has 2 aliphatic rings. The van der Waals surface area contributed by atoms with Gasteiger partial charge in [0.05, 0.1) is 18.9 Å². The number of ether oxygens (including phenoxy) is 1. The molecule has 1 saturated heterocycles. The van der Waals surface area contributed by atoms with Gasteiger partial charge in [-0.15, -0.1) is 11.3 Å². The number of aromatic nitrogens is 1. The van der Waals surface area contributed by atoms with Gasteiger partial charge < -0.3 is 4.74 Å². The number of amides is 1. The molecule has 4 rings (SSSR count). The Balaban J connectivity index is 1.47. The third kappa shape index (κ3) is 5.66. The fourth-order valence-electron chi connectivity index (χ4n) is 4.03. The zero-order valence-corrected chi connectivity index (χ0v) is 18.8. The van der Waals surface area contributed by atoms with Crippen LogP contribution in [-0.4, -0.2) is 65.6 Å². The second-order valence-electron chi connectivity index (χ2n) is 8.39. The molecule has 0 radical (unpaired) electrons. The number of carbonyl (C=O) groups is 1. The van der Waals surface area contributed by atoms with Gasteiger partial charge in [-0.05, 0) is 25.3 Å². The monoisotopic (exact) mass is 428 g/mol. The van der Waals surface area contributed by atoms with Crippen molar-refractivity contribution in [2.24, 2.45) is 0 Å². The summed E-state index contributed by atoms with van der Waals surface area (Å²) < 4.78 is 5.51. The Morgan fingerprint density at radius 1 is 1.23 bits per heavy atom. The zero-order chi connectivity index (χ0) is 20.9. The Labute approximate surface area is 183 Å². The van der Waals surface area contributed by atoms with Crippen LogP contribution in [0.4, 0.5) is 5.13 Å². The highest BCUT2D eigenvalue weighted by atomic mass is 32.1. The van der Waals surface area contributed by atoms with Gasteiger partial charge in [-0.3, -0.25) is 19.5 Å². The van der Waals surface area contributed by atoms with Crippen LogP contribution in [-0.2, 0) is 22.6 Å². The van der Waals surface area contributed by atoms with Crippen molar-refractivity contribution in [1.29, 1.82) is 0 Å². The van der Waals surface area contributed by atoms with Gasteiger partial charge in [0, 0.05) is 57.1 Å². The number of benzene rings is 1. The molecule has 1 aromatic heterocycles. The Morgan fingerprint density at radius 3 is 2.63 bits per heavy atom. The summed E-state index contributed by atoms with van der Waals surface area (Å²) in [5, 5.41) is 2.97. The maximum Gasteiger partial charge on any atom is 0.225 e. The number of hydrogen-bond acceptors (Lipinski definition) is 6. The Hall–Kier alpha value is -1.80. The van der Waals surface area contributed by atoms with Crippen molar-refractivity contribution < 1.29 is 9.53 Å². The molecule has 1 atom stereocenters. The molecule has 0 spiro atoms. The van der Waals surface area contributed by atoms with Crippen LogP contribution in [0.3, 0.4) is 0 Å². The SMILES string of the molecule is CC(=O)N(c1nc(CN(Cc2ccccc2)C(C)CN2CCOCC2)cs1)C1CC1. The maximum atomic E-state index is 12.1. The van der Waals surface area contributed by atoms with Gasteiger partial charge in [-0.1, -0.05) is 30.3 Å². The third-order valence-corrected chi connectivity index (χ3v) is 6.73. The van der Waals surface area contributed by atoms with Crippen LogP contribution in [0.15, 0.2) is 35.7 Å². The van der Waals surface area contributed by atoms with E-state index in [-0.39, 0.29) is 5.91 Å². The first-order chi connectivity index (χ1) is 14.6. The van der Waals surface area contributed by atoms with Gasteiger partial charge in [0.1, 0.15) is 0 Å². The van der Waals surface area contributed by atoms with E-state index in [0.717, 1.165) is 69.6 Å². The summed E-state index contributed by atoms with van der Waals surface area (Å²) in [5.74, 6) is 0.0974. The summed E-state index contributed by atoms with van der Waals surface area (Å²) >= 11 is 1.59. The predicted octanol–water partition coefficient (Wildman–Crippen LogP) is 3.38. The first-order valence-corrected chi connectivity index (χ1v) is 11.8. The number of carbonyl (C=O) groups excluding carboxylic acids is 1. The van der Waals surface area contributed by atoms with Gasteiger partial charge in [0.25, 0.3) is 0 Å². The van der Waals surface area contributed by atoms with Gasteiger partial charge >= 0.3 is 0 Å². The van der Waals surface area contributed by atoms with Crippen molar-refractivity contribution in [3.63, 3.8) is 0 Å². The van der Waals surface area contributed by atoms with E-state index in [4.69, 9.17) is 9.72 Å². The third-order valence-electron chi connectivity index (χ3n) is 5.84. The van der Waals surface area contributed by atoms with Crippen LogP contribution in [0.5, 0.6) is 0 Å². The largest absolute Gasteiger partial charge is 0.379 e.